The lowest BCUT2D eigenvalue weighted by atomic mass is 9.92. The second-order valence-corrected chi connectivity index (χ2v) is 6.96. The summed E-state index contributed by atoms with van der Waals surface area (Å²) in [5, 5.41) is 0. The van der Waals surface area contributed by atoms with Crippen molar-refractivity contribution in [3.05, 3.63) is 12.2 Å². The van der Waals surface area contributed by atoms with Gasteiger partial charge in [0.1, 0.15) is 6.10 Å². The first-order valence-electron chi connectivity index (χ1n) is 9.30. The number of esters is 1. The van der Waals surface area contributed by atoms with Crippen molar-refractivity contribution in [2.24, 2.45) is 11.8 Å². The number of ether oxygens (including phenoxy) is 3. The van der Waals surface area contributed by atoms with Crippen molar-refractivity contribution in [3.63, 3.8) is 0 Å². The van der Waals surface area contributed by atoms with Gasteiger partial charge in [-0.15, -0.1) is 11.8 Å². The molecule has 0 aromatic carbocycles. The van der Waals surface area contributed by atoms with Gasteiger partial charge in [-0.1, -0.05) is 12.2 Å². The van der Waals surface area contributed by atoms with Crippen molar-refractivity contribution in [1.82, 2.24) is 0 Å². The molecular formula is C20H28O4. The molecule has 5 atom stereocenters. The summed E-state index contributed by atoms with van der Waals surface area (Å²) >= 11 is 0. The quantitative estimate of drug-likeness (QED) is 0.423. The van der Waals surface area contributed by atoms with Crippen molar-refractivity contribution in [2.45, 2.75) is 76.8 Å². The summed E-state index contributed by atoms with van der Waals surface area (Å²) in [5.74, 6) is 6.81. The van der Waals surface area contributed by atoms with E-state index in [-0.39, 0.29) is 24.5 Å². The van der Waals surface area contributed by atoms with E-state index in [1.54, 1.807) is 0 Å². The molecule has 0 spiro atoms. The second kappa shape index (κ2) is 8.69. The Morgan fingerprint density at radius 2 is 2.25 bits per heavy atom. The predicted molar refractivity (Wildman–Crippen MR) is 91.0 cm³/mol. The van der Waals surface area contributed by atoms with Crippen molar-refractivity contribution in [2.75, 3.05) is 6.61 Å². The molecule has 3 aliphatic rings. The minimum atomic E-state index is -0.0873. The molecule has 1 aliphatic carbocycles. The summed E-state index contributed by atoms with van der Waals surface area (Å²) in [6.45, 7) is 2.66. The van der Waals surface area contributed by atoms with Gasteiger partial charge in [0, 0.05) is 18.9 Å². The Balaban J connectivity index is 1.57. The molecule has 0 aromatic rings. The number of hydrogen-bond donors (Lipinski definition) is 0. The first kappa shape index (κ1) is 17.5. The van der Waals surface area contributed by atoms with E-state index >= 15 is 0 Å². The van der Waals surface area contributed by atoms with Crippen LogP contribution in [0.5, 0.6) is 0 Å². The second-order valence-electron chi connectivity index (χ2n) is 6.96. The van der Waals surface area contributed by atoms with Gasteiger partial charge >= 0.3 is 5.97 Å². The lowest BCUT2D eigenvalue weighted by Gasteiger charge is -2.26. The standard InChI is InChI=1S/C20H28O4/c1-2-3-4-7-16(23-20-8-5-6-13-22-20)11-9-15-10-12-18-17(15)14-19(21)24-18/h9,11,15-18,20H,4-8,10,12-14H2,1H3/t15-,16-,17+,18-,20?/m0/s1. The highest BCUT2D eigenvalue weighted by molar-refractivity contribution is 5.72. The smallest absolute Gasteiger partial charge is 0.306 e. The van der Waals surface area contributed by atoms with Gasteiger partial charge in [-0.3, -0.25) is 4.79 Å². The highest BCUT2D eigenvalue weighted by Gasteiger charge is 2.43. The molecule has 0 bridgehead atoms. The lowest BCUT2D eigenvalue weighted by Crippen LogP contribution is -2.27. The van der Waals surface area contributed by atoms with Crippen LogP contribution in [0.1, 0.15) is 58.3 Å². The summed E-state index contributed by atoms with van der Waals surface area (Å²) in [6, 6.07) is 0. The Kier molecular flexibility index (Phi) is 6.34. The molecule has 3 rings (SSSR count). The summed E-state index contributed by atoms with van der Waals surface area (Å²) in [7, 11) is 0. The molecule has 4 nitrogen and oxygen atoms in total. The molecule has 0 N–H and O–H groups in total. The largest absolute Gasteiger partial charge is 0.462 e. The van der Waals surface area contributed by atoms with Crippen LogP contribution < -0.4 is 0 Å². The predicted octanol–water partition coefficient (Wildman–Crippen LogP) is 3.60. The third-order valence-corrected chi connectivity index (χ3v) is 5.27. The Labute approximate surface area is 144 Å². The molecule has 24 heavy (non-hydrogen) atoms. The maximum absolute atomic E-state index is 11.5. The average molecular weight is 332 g/mol. The molecule has 1 saturated carbocycles. The van der Waals surface area contributed by atoms with Gasteiger partial charge in [0.15, 0.2) is 6.29 Å². The van der Waals surface area contributed by atoms with Gasteiger partial charge in [-0.05, 0) is 51.4 Å². The van der Waals surface area contributed by atoms with Crippen LogP contribution >= 0.6 is 0 Å². The molecule has 4 heteroatoms. The minimum absolute atomic E-state index is 0.0334. The number of allylic oxidation sites excluding steroid dienone is 1. The van der Waals surface area contributed by atoms with Crippen LogP contribution in [-0.2, 0) is 19.0 Å². The molecule has 0 amide bonds. The van der Waals surface area contributed by atoms with E-state index in [1.165, 1.54) is 6.42 Å². The van der Waals surface area contributed by atoms with E-state index in [9.17, 15) is 4.79 Å². The van der Waals surface area contributed by atoms with Crippen molar-refractivity contribution in [1.29, 1.82) is 0 Å². The van der Waals surface area contributed by atoms with Gasteiger partial charge < -0.3 is 14.2 Å². The van der Waals surface area contributed by atoms with Gasteiger partial charge in [-0.2, -0.15) is 0 Å². The fourth-order valence-electron chi connectivity index (χ4n) is 3.97. The van der Waals surface area contributed by atoms with Crippen LogP contribution in [0.2, 0.25) is 0 Å². The molecule has 0 aromatic heterocycles. The topological polar surface area (TPSA) is 44.8 Å². The highest BCUT2D eigenvalue weighted by atomic mass is 16.7. The number of fused-ring (bicyclic) bond motifs is 1. The third-order valence-electron chi connectivity index (χ3n) is 5.27. The molecule has 0 radical (unpaired) electrons. The SMILES string of the molecule is CC#CCC[C@@H](C=C[C@H]1CC[C@@H]2OC(=O)C[C@@H]21)OC1CCCCO1. The van der Waals surface area contributed by atoms with Crippen LogP contribution in [-0.4, -0.2) is 31.1 Å². The van der Waals surface area contributed by atoms with Crippen LogP contribution in [0.25, 0.3) is 0 Å². The molecule has 1 unspecified atom stereocenters. The molecule has 2 heterocycles. The third kappa shape index (κ3) is 4.62. The van der Waals surface area contributed by atoms with E-state index < -0.39 is 0 Å². The molecule has 3 fully saturated rings. The lowest BCUT2D eigenvalue weighted by molar-refractivity contribution is -0.179. The van der Waals surface area contributed by atoms with Gasteiger partial charge in [0.05, 0.1) is 12.5 Å². The van der Waals surface area contributed by atoms with Crippen molar-refractivity contribution >= 4 is 5.97 Å². The van der Waals surface area contributed by atoms with E-state index in [4.69, 9.17) is 14.2 Å². The number of rotatable bonds is 6. The van der Waals surface area contributed by atoms with E-state index in [2.05, 4.69) is 24.0 Å². The normalized spacial score (nSPS) is 33.8. The number of carbonyl (C=O) groups excluding carboxylic acids is 1. The van der Waals surface area contributed by atoms with Crippen molar-refractivity contribution < 1.29 is 19.0 Å². The minimum Gasteiger partial charge on any atom is -0.462 e. The maximum Gasteiger partial charge on any atom is 0.306 e. The average Bonchev–Trinajstić information content (AvgIpc) is 3.13. The Morgan fingerprint density at radius 3 is 3.04 bits per heavy atom. The van der Waals surface area contributed by atoms with Gasteiger partial charge in [0.25, 0.3) is 0 Å². The van der Waals surface area contributed by atoms with Gasteiger partial charge in [-0.25, -0.2) is 0 Å². The zero-order valence-electron chi connectivity index (χ0n) is 14.5. The first-order chi connectivity index (χ1) is 11.8. The zero-order chi connectivity index (χ0) is 16.8. The van der Waals surface area contributed by atoms with Crippen LogP contribution in [0.3, 0.4) is 0 Å². The van der Waals surface area contributed by atoms with Crippen LogP contribution in [0.15, 0.2) is 12.2 Å². The fraction of sp³-hybridized carbons (Fsp3) is 0.750. The van der Waals surface area contributed by atoms with Crippen molar-refractivity contribution in [3.8, 4) is 11.8 Å². The molecular weight excluding hydrogens is 304 g/mol. The van der Waals surface area contributed by atoms with E-state index in [0.717, 1.165) is 45.1 Å². The molecule has 2 saturated heterocycles. The fourth-order valence-corrected chi connectivity index (χ4v) is 3.97. The Bertz CT molecular complexity index is 509. The molecule has 132 valence electrons. The first-order valence-corrected chi connectivity index (χ1v) is 9.30. The highest BCUT2D eigenvalue weighted by Crippen LogP contribution is 2.41. The zero-order valence-corrected chi connectivity index (χ0v) is 14.5. The molecule has 2 aliphatic heterocycles. The summed E-state index contributed by atoms with van der Waals surface area (Å²) in [6.07, 6.45) is 12.1. The van der Waals surface area contributed by atoms with Gasteiger partial charge in [0.2, 0.25) is 0 Å². The summed E-state index contributed by atoms with van der Waals surface area (Å²) < 4.78 is 17.2. The van der Waals surface area contributed by atoms with Crippen LogP contribution in [0.4, 0.5) is 0 Å². The maximum atomic E-state index is 11.5. The van der Waals surface area contributed by atoms with Crippen LogP contribution in [0, 0.1) is 23.7 Å². The van der Waals surface area contributed by atoms with E-state index in [1.807, 2.05) is 6.92 Å². The Hall–Kier alpha value is -1.31. The summed E-state index contributed by atoms with van der Waals surface area (Å²) in [5.41, 5.74) is 0. The van der Waals surface area contributed by atoms with E-state index in [0.29, 0.717) is 18.3 Å². The summed E-state index contributed by atoms with van der Waals surface area (Å²) in [4.78, 5) is 11.5. The Morgan fingerprint density at radius 1 is 1.33 bits per heavy atom. The number of carbonyl (C=O) groups is 1. The monoisotopic (exact) mass is 332 g/mol. The number of hydrogen-bond acceptors (Lipinski definition) is 4.